The van der Waals surface area contributed by atoms with E-state index >= 15 is 0 Å². The van der Waals surface area contributed by atoms with E-state index in [9.17, 15) is 0 Å². The van der Waals surface area contributed by atoms with Gasteiger partial charge in [-0.3, -0.25) is 0 Å². The smallest absolute Gasteiger partial charge is 0.0228 e. The highest BCUT2D eigenvalue weighted by Crippen LogP contribution is 2.81. The summed E-state index contributed by atoms with van der Waals surface area (Å²) in [6, 6.07) is 0. The van der Waals surface area contributed by atoms with Gasteiger partial charge in [-0.2, -0.15) is 0 Å². The van der Waals surface area contributed by atoms with Gasteiger partial charge >= 0.3 is 0 Å². The average molecular weight is 232 g/mol. The van der Waals surface area contributed by atoms with E-state index in [1.165, 1.54) is 6.42 Å². The van der Waals surface area contributed by atoms with Gasteiger partial charge in [-0.15, -0.1) is 0 Å². The molecule has 0 aromatic carbocycles. The maximum Gasteiger partial charge on any atom is -0.0228 e. The van der Waals surface area contributed by atoms with E-state index in [-0.39, 0.29) is 0 Å². The van der Waals surface area contributed by atoms with E-state index in [4.69, 9.17) is 0 Å². The summed E-state index contributed by atoms with van der Waals surface area (Å²) in [5, 5.41) is 0. The van der Waals surface area contributed by atoms with Gasteiger partial charge in [0.15, 0.2) is 0 Å². The first-order chi connectivity index (χ1) is 7.92. The minimum absolute atomic E-state index is 0.702. The highest BCUT2D eigenvalue weighted by Gasteiger charge is 2.76. The predicted octanol–water partition coefficient (Wildman–Crippen LogP) is 4.60. The second kappa shape index (κ2) is 2.78. The molecule has 0 nitrogen and oxygen atoms in total. The van der Waals surface area contributed by atoms with Crippen molar-refractivity contribution >= 4 is 0 Å². The molecule has 4 aliphatic rings. The number of fused-ring (bicyclic) bond motifs is 6. The van der Waals surface area contributed by atoms with Crippen LogP contribution in [-0.2, 0) is 0 Å². The van der Waals surface area contributed by atoms with Crippen LogP contribution >= 0.6 is 0 Å². The minimum Gasteiger partial charge on any atom is -0.0622 e. The molecule has 0 amide bonds. The fourth-order valence-electron chi connectivity index (χ4n) is 7.76. The van der Waals surface area contributed by atoms with Crippen LogP contribution < -0.4 is 0 Å². The van der Waals surface area contributed by atoms with Crippen molar-refractivity contribution in [2.45, 2.75) is 53.9 Å². The number of rotatable bonds is 0. The lowest BCUT2D eigenvalue weighted by atomic mass is 9.23. The topological polar surface area (TPSA) is 0 Å². The quantitative estimate of drug-likeness (QED) is 0.573. The molecule has 4 rings (SSSR count). The Kier molecular flexibility index (Phi) is 1.78. The third-order valence-corrected chi connectivity index (χ3v) is 8.48. The monoisotopic (exact) mass is 232 g/mol. The molecule has 0 bridgehead atoms. The maximum absolute atomic E-state index is 2.66. The largest absolute Gasteiger partial charge is 0.0622 e. The zero-order valence-electron chi connectivity index (χ0n) is 12.2. The van der Waals surface area contributed by atoms with Crippen molar-refractivity contribution in [3.63, 3.8) is 0 Å². The lowest BCUT2D eigenvalue weighted by Gasteiger charge is -2.81. The molecule has 0 spiro atoms. The van der Waals surface area contributed by atoms with Gasteiger partial charge in [0, 0.05) is 0 Å². The van der Waals surface area contributed by atoms with Crippen molar-refractivity contribution in [3.8, 4) is 0 Å². The molecule has 0 heterocycles. The molecule has 7 unspecified atom stereocenters. The molecule has 17 heavy (non-hydrogen) atoms. The van der Waals surface area contributed by atoms with Gasteiger partial charge in [-0.25, -0.2) is 0 Å². The summed E-state index contributed by atoms with van der Waals surface area (Å²) in [5.41, 5.74) is 1.47. The van der Waals surface area contributed by atoms with Crippen molar-refractivity contribution in [1.29, 1.82) is 0 Å². The first-order valence-electron chi connectivity index (χ1n) is 7.92. The molecule has 0 saturated heterocycles. The predicted molar refractivity (Wildman–Crippen MR) is 71.5 cm³/mol. The van der Waals surface area contributed by atoms with Gasteiger partial charge < -0.3 is 0 Å². The van der Waals surface area contributed by atoms with Crippen LogP contribution in [0.15, 0.2) is 0 Å². The highest BCUT2D eigenvalue weighted by molar-refractivity contribution is 5.23. The molecule has 4 saturated carbocycles. The van der Waals surface area contributed by atoms with Crippen molar-refractivity contribution in [2.75, 3.05) is 0 Å². The normalized spacial score (nSPS) is 72.2. The standard InChI is InChI=1S/C17H28/c1-9-8-12-13-6-7-16(13,4)15(12)17(5)11(3)10(2)14(9)17/h9-15H,6-8H2,1-5H3/t9?,10?,11?,12?,13?,14?,15-,16-,17?/m1/s1. The van der Waals surface area contributed by atoms with E-state index < -0.39 is 0 Å². The Morgan fingerprint density at radius 1 is 1.06 bits per heavy atom. The van der Waals surface area contributed by atoms with Crippen LogP contribution in [0.5, 0.6) is 0 Å². The minimum atomic E-state index is 0.702. The van der Waals surface area contributed by atoms with Crippen molar-refractivity contribution in [3.05, 3.63) is 0 Å². The fraction of sp³-hybridized carbons (Fsp3) is 1.00. The Balaban J connectivity index is 1.74. The van der Waals surface area contributed by atoms with Crippen LogP contribution in [0, 0.1) is 52.3 Å². The maximum atomic E-state index is 2.66. The molecule has 0 aliphatic heterocycles. The Morgan fingerprint density at radius 2 is 1.76 bits per heavy atom. The van der Waals surface area contributed by atoms with Gasteiger partial charge in [0.2, 0.25) is 0 Å². The summed E-state index contributed by atoms with van der Waals surface area (Å²) < 4.78 is 0. The number of hydrogen-bond donors (Lipinski definition) is 0. The van der Waals surface area contributed by atoms with Crippen LogP contribution in [0.4, 0.5) is 0 Å². The molecular weight excluding hydrogens is 204 g/mol. The number of hydrogen-bond acceptors (Lipinski definition) is 0. The van der Waals surface area contributed by atoms with Crippen LogP contribution in [0.2, 0.25) is 0 Å². The van der Waals surface area contributed by atoms with E-state index in [1.807, 2.05) is 0 Å². The van der Waals surface area contributed by atoms with Crippen LogP contribution in [0.25, 0.3) is 0 Å². The summed E-state index contributed by atoms with van der Waals surface area (Å²) in [4.78, 5) is 0. The lowest BCUT2D eigenvalue weighted by Crippen LogP contribution is -2.76. The first-order valence-corrected chi connectivity index (χ1v) is 7.92. The van der Waals surface area contributed by atoms with E-state index in [2.05, 4.69) is 34.6 Å². The molecule has 4 aliphatic carbocycles. The second-order valence-electron chi connectivity index (χ2n) is 8.55. The molecule has 0 heteroatoms. The molecule has 4 fully saturated rings. The van der Waals surface area contributed by atoms with Crippen molar-refractivity contribution < 1.29 is 0 Å². The fourth-order valence-corrected chi connectivity index (χ4v) is 7.76. The molecule has 0 radical (unpaired) electrons. The molecule has 0 aromatic heterocycles. The van der Waals surface area contributed by atoms with Gasteiger partial charge in [0.1, 0.15) is 0 Å². The Bertz CT molecular complexity index is 372. The van der Waals surface area contributed by atoms with E-state index in [0.717, 1.165) is 46.8 Å². The first kappa shape index (κ1) is 10.9. The SMILES string of the molecule is CC1CC2C3CC[C@@]3(C)[C@@H]2C2(C)C(C)C(C)C12. The third kappa shape index (κ3) is 0.871. The molecule has 9 atom stereocenters. The Morgan fingerprint density at radius 3 is 2.35 bits per heavy atom. The van der Waals surface area contributed by atoms with Crippen LogP contribution in [0.1, 0.15) is 53.9 Å². The third-order valence-electron chi connectivity index (χ3n) is 8.48. The van der Waals surface area contributed by atoms with Crippen molar-refractivity contribution in [1.82, 2.24) is 0 Å². The molecule has 0 N–H and O–H groups in total. The lowest BCUT2D eigenvalue weighted by molar-refractivity contribution is -0.334. The molecule has 96 valence electrons. The van der Waals surface area contributed by atoms with Gasteiger partial charge in [-0.1, -0.05) is 34.6 Å². The second-order valence-corrected chi connectivity index (χ2v) is 8.55. The van der Waals surface area contributed by atoms with Crippen LogP contribution in [-0.4, -0.2) is 0 Å². The van der Waals surface area contributed by atoms with E-state index in [0.29, 0.717) is 5.41 Å². The molecular formula is C17H28. The Labute approximate surface area is 107 Å². The zero-order chi connectivity index (χ0) is 12.2. The van der Waals surface area contributed by atoms with Gasteiger partial charge in [-0.05, 0) is 71.5 Å². The van der Waals surface area contributed by atoms with E-state index in [1.54, 1.807) is 12.8 Å². The van der Waals surface area contributed by atoms with Gasteiger partial charge in [0.25, 0.3) is 0 Å². The summed E-state index contributed by atoms with van der Waals surface area (Å²) in [6.45, 7) is 12.9. The summed E-state index contributed by atoms with van der Waals surface area (Å²) >= 11 is 0. The van der Waals surface area contributed by atoms with Crippen LogP contribution in [0.3, 0.4) is 0 Å². The Hall–Kier alpha value is 0. The van der Waals surface area contributed by atoms with Crippen molar-refractivity contribution in [2.24, 2.45) is 52.3 Å². The average Bonchev–Trinajstić information content (AvgIpc) is 2.26. The highest BCUT2D eigenvalue weighted by atomic mass is 14.8. The molecule has 0 aromatic rings. The summed E-state index contributed by atoms with van der Waals surface area (Å²) in [5.74, 6) is 7.31. The van der Waals surface area contributed by atoms with Gasteiger partial charge in [0.05, 0.1) is 0 Å². The zero-order valence-corrected chi connectivity index (χ0v) is 12.2. The summed E-state index contributed by atoms with van der Waals surface area (Å²) in [6.07, 6.45) is 4.65. The summed E-state index contributed by atoms with van der Waals surface area (Å²) in [7, 11) is 0.